The van der Waals surface area contributed by atoms with Crippen LogP contribution in [0.3, 0.4) is 0 Å². The van der Waals surface area contributed by atoms with Crippen LogP contribution in [0.4, 0.5) is 5.69 Å². The van der Waals surface area contributed by atoms with Crippen molar-refractivity contribution < 1.29 is 19.0 Å². The van der Waals surface area contributed by atoms with E-state index >= 15 is 0 Å². The van der Waals surface area contributed by atoms with Crippen LogP contribution in [0, 0.1) is 0 Å². The Labute approximate surface area is 167 Å². The highest BCUT2D eigenvalue weighted by Crippen LogP contribution is 2.32. The summed E-state index contributed by atoms with van der Waals surface area (Å²) in [6.07, 6.45) is 0. The molecule has 0 unspecified atom stereocenters. The fourth-order valence-corrected chi connectivity index (χ4v) is 3.85. The number of carbonyl (C=O) groups is 1. The number of anilines is 1. The molecule has 0 atom stereocenters. The summed E-state index contributed by atoms with van der Waals surface area (Å²) in [5.74, 6) is 1.50. The monoisotopic (exact) mass is 399 g/mol. The summed E-state index contributed by atoms with van der Waals surface area (Å²) < 4.78 is 18.3. The van der Waals surface area contributed by atoms with Gasteiger partial charge >= 0.3 is 0 Å². The van der Waals surface area contributed by atoms with Crippen LogP contribution in [-0.2, 0) is 16.1 Å². The molecule has 0 saturated carbocycles. The second-order valence-corrected chi connectivity index (χ2v) is 7.17. The van der Waals surface area contributed by atoms with Crippen molar-refractivity contribution in [3.63, 3.8) is 0 Å². The maximum atomic E-state index is 12.4. The first kappa shape index (κ1) is 18.6. The van der Waals surface area contributed by atoms with Gasteiger partial charge in [0.1, 0.15) is 13.2 Å². The molecule has 0 aliphatic carbocycles. The third-order valence-corrected chi connectivity index (χ3v) is 5.27. The van der Waals surface area contributed by atoms with Crippen molar-refractivity contribution in [2.75, 3.05) is 38.0 Å². The molecule has 1 amide bonds. The normalized spacial score (nSPS) is 12.9. The van der Waals surface area contributed by atoms with E-state index in [-0.39, 0.29) is 11.7 Å². The van der Waals surface area contributed by atoms with Gasteiger partial charge in [-0.2, -0.15) is 0 Å². The van der Waals surface area contributed by atoms with Gasteiger partial charge in [-0.05, 0) is 24.3 Å². The molecule has 1 N–H and O–H groups in total. The lowest BCUT2D eigenvalue weighted by Crippen LogP contribution is -2.17. The van der Waals surface area contributed by atoms with Gasteiger partial charge in [-0.3, -0.25) is 4.79 Å². The summed E-state index contributed by atoms with van der Waals surface area (Å²) in [6, 6.07) is 13.3. The van der Waals surface area contributed by atoms with Crippen LogP contribution in [0.1, 0.15) is 0 Å². The van der Waals surface area contributed by atoms with Crippen LogP contribution in [0.2, 0.25) is 0 Å². The predicted octanol–water partition coefficient (Wildman–Crippen LogP) is 3.18. The Hall–Kier alpha value is -2.71. The number of rotatable bonds is 7. The number of fused-ring (bicyclic) bond motifs is 2. The number of amides is 1. The number of nitrogens with one attached hydrogen (secondary N) is 1. The second kappa shape index (κ2) is 8.53. The zero-order chi connectivity index (χ0) is 19.3. The molecule has 146 valence electrons. The molecule has 0 bridgehead atoms. The number of imidazole rings is 1. The van der Waals surface area contributed by atoms with Crippen molar-refractivity contribution in [3.8, 4) is 11.5 Å². The van der Waals surface area contributed by atoms with E-state index in [9.17, 15) is 4.79 Å². The Morgan fingerprint density at radius 3 is 2.89 bits per heavy atom. The van der Waals surface area contributed by atoms with Gasteiger partial charge in [0.15, 0.2) is 16.7 Å². The molecule has 4 rings (SSSR count). The van der Waals surface area contributed by atoms with Crippen LogP contribution in [0.15, 0.2) is 47.6 Å². The van der Waals surface area contributed by atoms with Gasteiger partial charge in [0.25, 0.3) is 0 Å². The van der Waals surface area contributed by atoms with Crippen molar-refractivity contribution in [1.82, 2.24) is 9.55 Å². The highest BCUT2D eigenvalue weighted by molar-refractivity contribution is 7.99. The molecule has 2 aromatic carbocycles. The quantitative estimate of drug-likeness (QED) is 0.615. The average Bonchev–Trinajstić information content (AvgIpc) is 3.08. The number of hydrogen-bond acceptors (Lipinski definition) is 6. The lowest BCUT2D eigenvalue weighted by molar-refractivity contribution is -0.113. The number of thioether (sulfide) groups is 1. The van der Waals surface area contributed by atoms with Gasteiger partial charge in [0.2, 0.25) is 5.91 Å². The van der Waals surface area contributed by atoms with E-state index in [2.05, 4.69) is 14.9 Å². The zero-order valence-electron chi connectivity index (χ0n) is 15.5. The number of carbonyl (C=O) groups excluding carboxylic acids is 1. The number of hydrogen-bond donors (Lipinski definition) is 1. The van der Waals surface area contributed by atoms with Gasteiger partial charge in [-0.25, -0.2) is 4.98 Å². The highest BCUT2D eigenvalue weighted by Gasteiger charge is 2.15. The van der Waals surface area contributed by atoms with Crippen molar-refractivity contribution in [1.29, 1.82) is 0 Å². The van der Waals surface area contributed by atoms with E-state index in [0.717, 1.165) is 16.2 Å². The van der Waals surface area contributed by atoms with E-state index in [1.165, 1.54) is 11.8 Å². The van der Waals surface area contributed by atoms with E-state index in [1.807, 2.05) is 30.3 Å². The molecule has 1 aliphatic rings. The summed E-state index contributed by atoms with van der Waals surface area (Å²) in [4.78, 5) is 17.1. The molecule has 0 saturated heterocycles. The largest absolute Gasteiger partial charge is 0.486 e. The molecular formula is C20H21N3O4S. The lowest BCUT2D eigenvalue weighted by atomic mass is 10.2. The molecule has 1 aromatic heterocycles. The van der Waals surface area contributed by atoms with Crippen LogP contribution in [0.25, 0.3) is 11.0 Å². The molecule has 8 heteroatoms. The number of nitrogens with zero attached hydrogens (tertiary/aromatic N) is 2. The number of benzene rings is 2. The Bertz CT molecular complexity index is 989. The maximum absolute atomic E-state index is 12.4. The van der Waals surface area contributed by atoms with Gasteiger partial charge in [-0.1, -0.05) is 23.9 Å². The van der Waals surface area contributed by atoms with Gasteiger partial charge in [-0.15, -0.1) is 0 Å². The van der Waals surface area contributed by atoms with Gasteiger partial charge in [0, 0.05) is 25.4 Å². The van der Waals surface area contributed by atoms with Crippen molar-refractivity contribution in [2.24, 2.45) is 0 Å². The minimum absolute atomic E-state index is 0.105. The van der Waals surface area contributed by atoms with Crippen LogP contribution in [0.5, 0.6) is 11.5 Å². The number of para-hydroxylation sites is 2. The van der Waals surface area contributed by atoms with E-state index in [0.29, 0.717) is 43.6 Å². The summed E-state index contributed by atoms with van der Waals surface area (Å²) in [7, 11) is 1.67. The lowest BCUT2D eigenvalue weighted by Gasteiger charge is -2.19. The predicted molar refractivity (Wildman–Crippen MR) is 108 cm³/mol. The minimum atomic E-state index is -0.105. The summed E-state index contributed by atoms with van der Waals surface area (Å²) in [5, 5.41) is 3.70. The number of methoxy groups -OCH3 is 1. The SMILES string of the molecule is COCCn1c(SCC(=O)Nc2ccc3c(c2)OCCO3)nc2ccccc21. The van der Waals surface area contributed by atoms with E-state index in [1.54, 1.807) is 19.2 Å². The Balaban J connectivity index is 1.43. The summed E-state index contributed by atoms with van der Waals surface area (Å²) in [5.41, 5.74) is 2.63. The first-order valence-electron chi connectivity index (χ1n) is 9.01. The Morgan fingerprint density at radius 2 is 2.04 bits per heavy atom. The molecule has 2 heterocycles. The molecular weight excluding hydrogens is 378 g/mol. The van der Waals surface area contributed by atoms with Crippen molar-refractivity contribution >= 4 is 34.4 Å². The van der Waals surface area contributed by atoms with Crippen LogP contribution >= 0.6 is 11.8 Å². The highest BCUT2D eigenvalue weighted by atomic mass is 32.2. The van der Waals surface area contributed by atoms with Crippen LogP contribution < -0.4 is 14.8 Å². The maximum Gasteiger partial charge on any atom is 0.234 e. The second-order valence-electron chi connectivity index (χ2n) is 6.22. The molecule has 3 aromatic rings. The fraction of sp³-hybridized carbons (Fsp3) is 0.300. The molecule has 28 heavy (non-hydrogen) atoms. The number of ether oxygens (including phenoxy) is 3. The van der Waals surface area contributed by atoms with Crippen molar-refractivity contribution in [3.05, 3.63) is 42.5 Å². The standard InChI is InChI=1S/C20H21N3O4S/c1-25-9-8-23-16-5-3-2-4-15(16)22-20(23)28-13-19(24)21-14-6-7-17-18(12-14)27-11-10-26-17/h2-7,12H,8-11,13H2,1H3,(H,21,24). The number of aromatic nitrogens is 2. The van der Waals surface area contributed by atoms with Crippen LogP contribution in [-0.4, -0.2) is 48.1 Å². The zero-order valence-corrected chi connectivity index (χ0v) is 16.3. The molecule has 7 nitrogen and oxygen atoms in total. The summed E-state index contributed by atoms with van der Waals surface area (Å²) in [6.45, 7) is 2.32. The van der Waals surface area contributed by atoms with Gasteiger partial charge < -0.3 is 24.1 Å². The smallest absolute Gasteiger partial charge is 0.234 e. The topological polar surface area (TPSA) is 74.6 Å². The summed E-state index contributed by atoms with van der Waals surface area (Å²) >= 11 is 1.41. The first-order valence-corrected chi connectivity index (χ1v) is 9.99. The van der Waals surface area contributed by atoms with Gasteiger partial charge in [0.05, 0.1) is 23.4 Å². The minimum Gasteiger partial charge on any atom is -0.486 e. The van der Waals surface area contributed by atoms with Crippen molar-refractivity contribution in [2.45, 2.75) is 11.7 Å². The first-order chi connectivity index (χ1) is 13.7. The Morgan fingerprint density at radius 1 is 1.21 bits per heavy atom. The van der Waals surface area contributed by atoms with E-state index < -0.39 is 0 Å². The molecule has 0 spiro atoms. The Kier molecular flexibility index (Phi) is 5.68. The molecule has 0 radical (unpaired) electrons. The van der Waals surface area contributed by atoms with E-state index in [4.69, 9.17) is 14.2 Å². The fourth-order valence-electron chi connectivity index (χ4n) is 3.01. The third-order valence-electron chi connectivity index (χ3n) is 4.30. The third kappa shape index (κ3) is 4.07. The average molecular weight is 399 g/mol. The molecule has 0 fully saturated rings. The molecule has 1 aliphatic heterocycles.